The van der Waals surface area contributed by atoms with Crippen molar-refractivity contribution in [2.24, 2.45) is 10.9 Å². The second kappa shape index (κ2) is 8.27. The first kappa shape index (κ1) is 13.9. The van der Waals surface area contributed by atoms with E-state index in [2.05, 4.69) is 25.6 Å². The molecular formula is C13H23NO. The predicted molar refractivity (Wildman–Crippen MR) is 67.1 cm³/mol. The van der Waals surface area contributed by atoms with E-state index < -0.39 is 0 Å². The van der Waals surface area contributed by atoms with E-state index in [1.165, 1.54) is 12.0 Å². The second-order valence-electron chi connectivity index (χ2n) is 4.06. The van der Waals surface area contributed by atoms with E-state index in [1.54, 1.807) is 0 Å². The van der Waals surface area contributed by atoms with Crippen molar-refractivity contribution in [3.05, 3.63) is 23.6 Å². The Labute approximate surface area is 93.7 Å². The van der Waals surface area contributed by atoms with Gasteiger partial charge in [-0.25, -0.2) is 4.99 Å². The Morgan fingerprint density at radius 2 is 2.07 bits per heavy atom. The number of aliphatic imine (C=N–C) groups is 1. The van der Waals surface area contributed by atoms with E-state index in [-0.39, 0.29) is 0 Å². The van der Waals surface area contributed by atoms with Gasteiger partial charge >= 0.3 is 0 Å². The first-order valence-electron chi connectivity index (χ1n) is 5.54. The summed E-state index contributed by atoms with van der Waals surface area (Å²) in [6.45, 7) is 12.7. The zero-order chi connectivity index (χ0) is 11.7. The smallest absolute Gasteiger partial charge is 0.212 e. The molecular weight excluding hydrogens is 186 g/mol. The molecule has 0 saturated carbocycles. The van der Waals surface area contributed by atoms with Crippen LogP contribution < -0.4 is 0 Å². The monoisotopic (exact) mass is 209 g/mol. The van der Waals surface area contributed by atoms with Crippen LogP contribution in [-0.2, 0) is 4.74 Å². The fourth-order valence-corrected chi connectivity index (χ4v) is 0.953. The number of allylic oxidation sites excluding steroid dienone is 3. The first-order valence-corrected chi connectivity index (χ1v) is 5.54. The lowest BCUT2D eigenvalue weighted by molar-refractivity contribution is 0.190. The third-order valence-corrected chi connectivity index (χ3v) is 2.27. The molecule has 0 amide bonds. The lowest BCUT2D eigenvalue weighted by atomic mass is 10.1. The molecule has 0 N–H and O–H groups in total. The molecule has 0 aromatic heterocycles. The maximum Gasteiger partial charge on any atom is 0.212 e. The quantitative estimate of drug-likeness (QED) is 0.353. The van der Waals surface area contributed by atoms with Crippen molar-refractivity contribution in [1.82, 2.24) is 0 Å². The molecule has 86 valence electrons. The number of ether oxygens (including phenoxy) is 1. The molecule has 0 aliphatic rings. The van der Waals surface area contributed by atoms with Crippen LogP contribution in [0.1, 0.15) is 40.5 Å². The normalized spacial score (nSPS) is 13.2. The summed E-state index contributed by atoms with van der Waals surface area (Å²) in [4.78, 5) is 3.83. The SMILES string of the molecule is C=N/C(=C\C=C(C)C)OCCC(C)CC. The maximum atomic E-state index is 5.50. The molecule has 0 fully saturated rings. The van der Waals surface area contributed by atoms with Crippen LogP contribution in [0.4, 0.5) is 0 Å². The topological polar surface area (TPSA) is 21.6 Å². The van der Waals surface area contributed by atoms with Gasteiger partial charge in [-0.2, -0.15) is 0 Å². The molecule has 0 aromatic rings. The lowest BCUT2D eigenvalue weighted by Crippen LogP contribution is -2.00. The summed E-state index contributed by atoms with van der Waals surface area (Å²) in [6.07, 6.45) is 6.10. The van der Waals surface area contributed by atoms with Gasteiger partial charge < -0.3 is 4.74 Å². The third kappa shape index (κ3) is 7.98. The maximum absolute atomic E-state index is 5.50. The van der Waals surface area contributed by atoms with E-state index in [1.807, 2.05) is 26.0 Å². The van der Waals surface area contributed by atoms with Gasteiger partial charge in [0.1, 0.15) is 0 Å². The van der Waals surface area contributed by atoms with Crippen molar-refractivity contribution >= 4 is 6.72 Å². The molecule has 0 spiro atoms. The summed E-state index contributed by atoms with van der Waals surface area (Å²) in [6, 6.07) is 0. The second-order valence-corrected chi connectivity index (χ2v) is 4.06. The van der Waals surface area contributed by atoms with Crippen LogP contribution in [0.3, 0.4) is 0 Å². The Morgan fingerprint density at radius 1 is 1.40 bits per heavy atom. The van der Waals surface area contributed by atoms with Gasteiger partial charge in [-0.05, 0) is 32.9 Å². The molecule has 2 nitrogen and oxygen atoms in total. The molecule has 0 bridgehead atoms. The molecule has 0 saturated heterocycles. The van der Waals surface area contributed by atoms with Crippen molar-refractivity contribution in [3.8, 4) is 0 Å². The van der Waals surface area contributed by atoms with Crippen molar-refractivity contribution in [2.45, 2.75) is 40.5 Å². The summed E-state index contributed by atoms with van der Waals surface area (Å²) in [5.74, 6) is 1.32. The van der Waals surface area contributed by atoms with Crippen LogP contribution in [0.15, 0.2) is 28.6 Å². The van der Waals surface area contributed by atoms with Crippen molar-refractivity contribution in [2.75, 3.05) is 6.61 Å². The minimum Gasteiger partial charge on any atom is -0.478 e. The van der Waals surface area contributed by atoms with E-state index in [9.17, 15) is 0 Å². The standard InChI is InChI=1S/C13H23NO/c1-6-12(4)9-10-15-13(14-5)8-7-11(2)3/h7-8,12H,5-6,9-10H2,1-4H3/b13-8+. The lowest BCUT2D eigenvalue weighted by Gasteiger charge is -2.09. The van der Waals surface area contributed by atoms with Crippen LogP contribution >= 0.6 is 0 Å². The van der Waals surface area contributed by atoms with Crippen LogP contribution in [0, 0.1) is 5.92 Å². The highest BCUT2D eigenvalue weighted by Gasteiger charge is 1.99. The van der Waals surface area contributed by atoms with Crippen LogP contribution in [-0.4, -0.2) is 13.3 Å². The Bertz CT molecular complexity index is 237. The van der Waals surface area contributed by atoms with Gasteiger partial charge in [0.2, 0.25) is 5.88 Å². The highest BCUT2D eigenvalue weighted by molar-refractivity contribution is 5.28. The Morgan fingerprint density at radius 3 is 2.53 bits per heavy atom. The van der Waals surface area contributed by atoms with E-state index in [0.717, 1.165) is 13.0 Å². The Balaban J connectivity index is 3.96. The fraction of sp³-hybridized carbons (Fsp3) is 0.615. The number of hydrogen-bond acceptors (Lipinski definition) is 2. The van der Waals surface area contributed by atoms with Gasteiger partial charge in [-0.1, -0.05) is 31.9 Å². The molecule has 1 unspecified atom stereocenters. The molecule has 0 aromatic carbocycles. The van der Waals surface area contributed by atoms with Gasteiger partial charge in [0.15, 0.2) is 0 Å². The largest absolute Gasteiger partial charge is 0.478 e. The Kier molecular flexibility index (Phi) is 7.69. The average molecular weight is 209 g/mol. The first-order chi connectivity index (χ1) is 7.10. The van der Waals surface area contributed by atoms with Crippen molar-refractivity contribution in [1.29, 1.82) is 0 Å². The number of hydrogen-bond donors (Lipinski definition) is 0. The molecule has 0 heterocycles. The van der Waals surface area contributed by atoms with Gasteiger partial charge in [0.05, 0.1) is 6.61 Å². The van der Waals surface area contributed by atoms with Gasteiger partial charge in [0.25, 0.3) is 0 Å². The summed E-state index contributed by atoms with van der Waals surface area (Å²) < 4.78 is 5.50. The summed E-state index contributed by atoms with van der Waals surface area (Å²) in [5, 5.41) is 0. The van der Waals surface area contributed by atoms with E-state index >= 15 is 0 Å². The van der Waals surface area contributed by atoms with Crippen molar-refractivity contribution < 1.29 is 4.74 Å². The summed E-state index contributed by atoms with van der Waals surface area (Å²) >= 11 is 0. The van der Waals surface area contributed by atoms with E-state index in [0.29, 0.717) is 11.8 Å². The predicted octanol–water partition coefficient (Wildman–Crippen LogP) is 3.95. The fourth-order valence-electron chi connectivity index (χ4n) is 0.953. The number of nitrogens with zero attached hydrogens (tertiary/aromatic N) is 1. The molecule has 0 aliphatic carbocycles. The zero-order valence-corrected chi connectivity index (χ0v) is 10.4. The van der Waals surface area contributed by atoms with Crippen LogP contribution in [0.25, 0.3) is 0 Å². The summed E-state index contributed by atoms with van der Waals surface area (Å²) in [7, 11) is 0. The third-order valence-electron chi connectivity index (χ3n) is 2.27. The minimum atomic E-state index is 0.611. The Hall–Kier alpha value is -1.05. The molecule has 1 atom stereocenters. The molecule has 0 radical (unpaired) electrons. The minimum absolute atomic E-state index is 0.611. The number of rotatable bonds is 7. The zero-order valence-electron chi connectivity index (χ0n) is 10.4. The molecule has 2 heteroatoms. The van der Waals surface area contributed by atoms with Crippen LogP contribution in [0.5, 0.6) is 0 Å². The highest BCUT2D eigenvalue weighted by atomic mass is 16.5. The van der Waals surface area contributed by atoms with Crippen molar-refractivity contribution in [3.63, 3.8) is 0 Å². The average Bonchev–Trinajstić information content (AvgIpc) is 2.22. The van der Waals surface area contributed by atoms with E-state index in [4.69, 9.17) is 4.74 Å². The van der Waals surface area contributed by atoms with Gasteiger partial charge in [-0.15, -0.1) is 0 Å². The van der Waals surface area contributed by atoms with Crippen LogP contribution in [0.2, 0.25) is 0 Å². The van der Waals surface area contributed by atoms with Gasteiger partial charge in [0, 0.05) is 6.08 Å². The highest BCUT2D eigenvalue weighted by Crippen LogP contribution is 2.09. The summed E-state index contributed by atoms with van der Waals surface area (Å²) in [5.41, 5.74) is 1.22. The molecule has 0 rings (SSSR count). The molecule has 15 heavy (non-hydrogen) atoms. The molecule has 0 aliphatic heterocycles. The van der Waals surface area contributed by atoms with Gasteiger partial charge in [-0.3, -0.25) is 0 Å².